The van der Waals surface area contributed by atoms with Crippen LogP contribution in [0.2, 0.25) is 0 Å². The van der Waals surface area contributed by atoms with Gasteiger partial charge in [0.05, 0.1) is 0 Å². The summed E-state index contributed by atoms with van der Waals surface area (Å²) in [5.41, 5.74) is 5.57. The van der Waals surface area contributed by atoms with Gasteiger partial charge in [-0.25, -0.2) is 0 Å². The van der Waals surface area contributed by atoms with Crippen LogP contribution in [0, 0.1) is 0 Å². The molecule has 0 unspecified atom stereocenters. The number of aromatic nitrogens is 6. The summed E-state index contributed by atoms with van der Waals surface area (Å²) in [4.78, 5) is 30.5. The Labute approximate surface area is 357 Å². The van der Waals surface area contributed by atoms with Crippen molar-refractivity contribution in [3.8, 4) is 68.3 Å². The molecule has 0 bridgehead atoms. The first-order valence-electron chi connectivity index (χ1n) is 20.3. The van der Waals surface area contributed by atoms with Crippen LogP contribution in [0.1, 0.15) is 0 Å². The van der Waals surface area contributed by atoms with Gasteiger partial charge in [0, 0.05) is 0 Å². The third-order valence-corrected chi connectivity index (χ3v) is 20.9. The van der Waals surface area contributed by atoms with Gasteiger partial charge in [-0.15, -0.1) is 0 Å². The first-order chi connectivity index (χ1) is 30.2. The average molecular weight is 844 g/mol. The van der Waals surface area contributed by atoms with Crippen LogP contribution >= 0.6 is 0 Å². The van der Waals surface area contributed by atoms with Crippen LogP contribution in [0.5, 0.6) is 0 Å². The molecular weight excluding hydrogens is 805 g/mol. The quantitative estimate of drug-likeness (QED) is 0.128. The van der Waals surface area contributed by atoms with E-state index in [4.69, 9.17) is 29.9 Å². The van der Waals surface area contributed by atoms with E-state index >= 15 is 0 Å². The van der Waals surface area contributed by atoms with Crippen molar-refractivity contribution >= 4 is 30.8 Å². The molecule has 61 heavy (non-hydrogen) atoms. The second kappa shape index (κ2) is 16.9. The van der Waals surface area contributed by atoms with Gasteiger partial charge in [-0.1, -0.05) is 0 Å². The molecule has 288 valence electrons. The molecule has 0 radical (unpaired) electrons. The molecule has 0 fully saturated rings. The fraction of sp³-hybridized carbons (Fsp3) is 0. The van der Waals surface area contributed by atoms with E-state index in [0.717, 1.165) is 33.4 Å². The molecule has 0 aliphatic carbocycles. The molecule has 0 saturated carbocycles. The Morgan fingerprint density at radius 3 is 0.689 bits per heavy atom. The summed E-state index contributed by atoms with van der Waals surface area (Å²) in [6.45, 7) is 0. The van der Waals surface area contributed by atoms with E-state index in [2.05, 4.69) is 109 Å². The summed E-state index contributed by atoms with van der Waals surface area (Å²) in [6, 6.07) is 80.2. The number of nitrogens with zero attached hydrogens (tertiary/aromatic N) is 6. The molecule has 7 heteroatoms. The van der Waals surface area contributed by atoms with Crippen molar-refractivity contribution in [3.05, 3.63) is 231 Å². The van der Waals surface area contributed by atoms with Gasteiger partial charge in [-0.2, -0.15) is 0 Å². The second-order valence-electron chi connectivity index (χ2n) is 14.7. The molecule has 0 atom stereocenters. The van der Waals surface area contributed by atoms with Crippen LogP contribution < -0.4 is 17.6 Å². The van der Waals surface area contributed by atoms with Crippen molar-refractivity contribution in [2.24, 2.45) is 0 Å². The zero-order valence-electron chi connectivity index (χ0n) is 33.1. The minimum atomic E-state index is -3.88. The minimum absolute atomic E-state index is 0.618. The van der Waals surface area contributed by atoms with Gasteiger partial charge in [0.25, 0.3) is 0 Å². The molecule has 2 heterocycles. The van der Waals surface area contributed by atoms with Gasteiger partial charge in [-0.3, -0.25) is 0 Å². The van der Waals surface area contributed by atoms with Gasteiger partial charge < -0.3 is 0 Å². The Morgan fingerprint density at radius 2 is 0.410 bits per heavy atom. The number of benzene rings is 8. The SMILES string of the molecule is c1ccc(-c2nc(-c3ccccc3)nc(-c3ccc[c]([Ge]([c]4ccccc4)([c]4ccccc4)[c]4cccc(-c5nc(-c6ccccc6)nc(-c6ccccc6)n5)c4)c3)n2)cc1. The van der Waals surface area contributed by atoms with E-state index in [1.54, 1.807) is 0 Å². The Bertz CT molecular complexity index is 2730. The fourth-order valence-corrected chi connectivity index (χ4v) is 18.2. The number of hydrogen-bond acceptors (Lipinski definition) is 6. The van der Waals surface area contributed by atoms with E-state index in [0.29, 0.717) is 34.9 Å². The molecular formula is C54H38GeN6. The molecule has 0 saturated heterocycles. The maximum absolute atomic E-state index is 5.14. The molecule has 0 amide bonds. The predicted molar refractivity (Wildman–Crippen MR) is 249 cm³/mol. The molecule has 0 aliphatic heterocycles. The van der Waals surface area contributed by atoms with Crippen molar-refractivity contribution in [3.63, 3.8) is 0 Å². The summed E-state index contributed by atoms with van der Waals surface area (Å²) >= 11 is -3.88. The van der Waals surface area contributed by atoms with Gasteiger partial charge in [0.15, 0.2) is 0 Å². The maximum atomic E-state index is 5.14. The van der Waals surface area contributed by atoms with Crippen LogP contribution in [0.4, 0.5) is 0 Å². The normalized spacial score (nSPS) is 11.3. The average Bonchev–Trinajstić information content (AvgIpc) is 3.36. The first-order valence-corrected chi connectivity index (χ1v) is 24.5. The Morgan fingerprint density at radius 1 is 0.197 bits per heavy atom. The van der Waals surface area contributed by atoms with E-state index in [1.165, 1.54) is 17.6 Å². The van der Waals surface area contributed by atoms with Crippen LogP contribution in [-0.4, -0.2) is 43.2 Å². The van der Waals surface area contributed by atoms with Gasteiger partial charge in [0.2, 0.25) is 0 Å². The van der Waals surface area contributed by atoms with Crippen LogP contribution in [-0.2, 0) is 0 Å². The van der Waals surface area contributed by atoms with Gasteiger partial charge in [0.1, 0.15) is 0 Å². The van der Waals surface area contributed by atoms with Crippen LogP contribution in [0.25, 0.3) is 68.3 Å². The summed E-state index contributed by atoms with van der Waals surface area (Å²) in [6.07, 6.45) is 0. The standard InChI is InChI=1S/C54H38GeN6/c1-7-21-39(22-8-1)49-56-50(40-23-9-2-10-24-40)59-53(58-49)43-29-19-35-47(37-43)55(45-31-15-5-16-32-45,46-33-17-6-18-34-46)48-36-20-30-44(38-48)54-60-51(41-25-11-3-12-26-41)57-52(61-54)42-27-13-4-14-28-42/h1-38H. The molecule has 8 aromatic carbocycles. The molecule has 6 nitrogen and oxygen atoms in total. The number of rotatable bonds is 10. The molecule has 0 spiro atoms. The Hall–Kier alpha value is -7.68. The van der Waals surface area contributed by atoms with Gasteiger partial charge in [-0.05, 0) is 0 Å². The van der Waals surface area contributed by atoms with Crippen molar-refractivity contribution in [1.29, 1.82) is 0 Å². The van der Waals surface area contributed by atoms with E-state index in [9.17, 15) is 0 Å². The molecule has 10 rings (SSSR count). The van der Waals surface area contributed by atoms with E-state index < -0.39 is 13.3 Å². The monoisotopic (exact) mass is 844 g/mol. The molecule has 10 aromatic rings. The number of hydrogen-bond donors (Lipinski definition) is 0. The summed E-state index contributed by atoms with van der Waals surface area (Å²) in [7, 11) is 0. The van der Waals surface area contributed by atoms with Crippen molar-refractivity contribution in [2.75, 3.05) is 0 Å². The zero-order chi connectivity index (χ0) is 40.9. The Balaban J connectivity index is 1.20. The fourth-order valence-electron chi connectivity index (χ4n) is 8.03. The van der Waals surface area contributed by atoms with Crippen molar-refractivity contribution in [2.45, 2.75) is 0 Å². The van der Waals surface area contributed by atoms with Crippen molar-refractivity contribution < 1.29 is 0 Å². The van der Waals surface area contributed by atoms with Gasteiger partial charge >= 0.3 is 360 Å². The van der Waals surface area contributed by atoms with E-state index in [-0.39, 0.29) is 0 Å². The zero-order valence-corrected chi connectivity index (χ0v) is 35.2. The summed E-state index contributed by atoms with van der Waals surface area (Å²) in [5.74, 6) is 3.75. The van der Waals surface area contributed by atoms with E-state index in [1.807, 2.05) is 121 Å². The second-order valence-corrected chi connectivity index (χ2v) is 22.7. The first kappa shape index (κ1) is 37.6. The summed E-state index contributed by atoms with van der Waals surface area (Å²) in [5, 5.41) is 0. The molecule has 0 N–H and O–H groups in total. The van der Waals surface area contributed by atoms with Crippen molar-refractivity contribution in [1.82, 2.24) is 29.9 Å². The Kier molecular flexibility index (Phi) is 10.4. The van der Waals surface area contributed by atoms with Crippen LogP contribution in [0.3, 0.4) is 0 Å². The third kappa shape index (κ3) is 7.57. The topological polar surface area (TPSA) is 77.3 Å². The predicted octanol–water partition coefficient (Wildman–Crippen LogP) is 9.44. The third-order valence-electron chi connectivity index (χ3n) is 10.9. The molecule has 0 aliphatic rings. The van der Waals surface area contributed by atoms with Crippen LogP contribution in [0.15, 0.2) is 231 Å². The molecule has 2 aromatic heterocycles. The summed E-state index contributed by atoms with van der Waals surface area (Å²) < 4.78 is 5.06.